The predicted molar refractivity (Wildman–Crippen MR) is 147 cm³/mol. The van der Waals surface area contributed by atoms with Gasteiger partial charge in [0.15, 0.2) is 9.84 Å². The Hall–Kier alpha value is -3.06. The molecule has 3 aromatic rings. The number of hydrogen-bond donors (Lipinski definition) is 0. The summed E-state index contributed by atoms with van der Waals surface area (Å²) in [6.07, 6.45) is -1.71. The van der Waals surface area contributed by atoms with E-state index in [1.165, 1.54) is 37.4 Å². The summed E-state index contributed by atoms with van der Waals surface area (Å²) >= 11 is 0. The van der Waals surface area contributed by atoms with E-state index in [0.29, 0.717) is 37.9 Å². The highest BCUT2D eigenvalue weighted by Gasteiger charge is 2.32. The minimum Gasteiger partial charge on any atom is -0.465 e. The molecule has 1 aromatic heterocycles. The van der Waals surface area contributed by atoms with E-state index in [-0.39, 0.29) is 39.2 Å². The van der Waals surface area contributed by atoms with Crippen molar-refractivity contribution in [3.63, 3.8) is 0 Å². The number of fused-ring (bicyclic) bond motifs is 1. The van der Waals surface area contributed by atoms with E-state index in [1.807, 2.05) is 0 Å². The average molecular weight is 592 g/mol. The van der Waals surface area contributed by atoms with Crippen molar-refractivity contribution in [3.8, 4) is 11.3 Å². The molecule has 5 rings (SSSR count). The molecule has 0 radical (unpaired) electrons. The van der Waals surface area contributed by atoms with Gasteiger partial charge in [-0.1, -0.05) is 12.1 Å². The van der Waals surface area contributed by atoms with Gasteiger partial charge in [-0.25, -0.2) is 18.2 Å². The zero-order valence-corrected chi connectivity index (χ0v) is 23.7. The van der Waals surface area contributed by atoms with Crippen molar-refractivity contribution < 1.29 is 35.9 Å². The molecule has 12 heteroatoms. The Balaban J connectivity index is 1.62. The van der Waals surface area contributed by atoms with Crippen molar-refractivity contribution >= 4 is 26.7 Å². The summed E-state index contributed by atoms with van der Waals surface area (Å²) in [5.74, 6) is -0.713. The lowest BCUT2D eigenvalue weighted by molar-refractivity contribution is -0.137. The standard InChI is InChI=1S/C29H32F3N3O5S/c1-39-28(36)26-23-17-22(41(2,37)38)6-7-25(23)33-27(19-4-3-5-20(16-19)29(30,31)32)24(26)18-34-10-8-21(9-11-34)35-12-14-40-15-13-35/h3-7,16-17,21H,8-15,18H2,1-2H3. The number of hydrogen-bond acceptors (Lipinski definition) is 8. The van der Waals surface area contributed by atoms with Gasteiger partial charge in [-0.3, -0.25) is 9.80 Å². The second-order valence-corrected chi connectivity index (χ2v) is 12.5. The summed E-state index contributed by atoms with van der Waals surface area (Å²) in [6.45, 7) is 4.85. The minimum absolute atomic E-state index is 0.000970. The largest absolute Gasteiger partial charge is 0.465 e. The third-order valence-corrected chi connectivity index (χ3v) is 8.95. The molecular weight excluding hydrogens is 559 g/mol. The maximum atomic E-state index is 13.6. The van der Waals surface area contributed by atoms with Crippen LogP contribution in [0.4, 0.5) is 13.2 Å². The summed E-state index contributed by atoms with van der Waals surface area (Å²) in [6, 6.07) is 9.48. The van der Waals surface area contributed by atoms with Crippen LogP contribution in [0.2, 0.25) is 0 Å². The Kier molecular flexibility index (Phi) is 8.38. The smallest absolute Gasteiger partial charge is 0.416 e. The number of aromatic nitrogens is 1. The number of rotatable bonds is 6. The third-order valence-electron chi connectivity index (χ3n) is 7.84. The minimum atomic E-state index is -4.57. The first kappa shape index (κ1) is 29.4. The Morgan fingerprint density at radius 3 is 2.41 bits per heavy atom. The van der Waals surface area contributed by atoms with Crippen molar-refractivity contribution in [2.75, 3.05) is 52.8 Å². The number of benzene rings is 2. The zero-order chi connectivity index (χ0) is 29.4. The van der Waals surface area contributed by atoms with Gasteiger partial charge in [0.2, 0.25) is 0 Å². The highest BCUT2D eigenvalue weighted by Crippen LogP contribution is 2.37. The molecule has 0 amide bonds. The average Bonchev–Trinajstić information content (AvgIpc) is 2.96. The molecule has 2 aliphatic rings. The highest BCUT2D eigenvalue weighted by molar-refractivity contribution is 7.90. The molecule has 2 saturated heterocycles. The Bertz CT molecular complexity index is 1550. The fraction of sp³-hybridized carbons (Fsp3) is 0.448. The van der Waals surface area contributed by atoms with E-state index in [0.717, 1.165) is 44.3 Å². The molecular formula is C29H32F3N3O5S. The SMILES string of the molecule is COC(=O)c1c(CN2CCC(N3CCOCC3)CC2)c(-c2cccc(C(F)(F)F)c2)nc2ccc(S(C)(=O)=O)cc12. The van der Waals surface area contributed by atoms with Gasteiger partial charge in [-0.15, -0.1) is 0 Å². The van der Waals surface area contributed by atoms with Crippen LogP contribution in [0.25, 0.3) is 22.2 Å². The maximum absolute atomic E-state index is 13.6. The first-order chi connectivity index (χ1) is 19.5. The summed E-state index contributed by atoms with van der Waals surface area (Å²) < 4.78 is 76.2. The van der Waals surface area contributed by atoms with Crippen LogP contribution in [0.3, 0.4) is 0 Å². The summed E-state index contributed by atoms with van der Waals surface area (Å²) in [4.78, 5) is 22.6. The number of pyridine rings is 1. The maximum Gasteiger partial charge on any atom is 0.416 e. The molecule has 0 bridgehead atoms. The third kappa shape index (κ3) is 6.40. The fourth-order valence-electron chi connectivity index (χ4n) is 5.69. The van der Waals surface area contributed by atoms with Gasteiger partial charge >= 0.3 is 12.1 Å². The van der Waals surface area contributed by atoms with Crippen molar-refractivity contribution in [2.45, 2.75) is 36.5 Å². The van der Waals surface area contributed by atoms with Crippen LogP contribution in [0, 0.1) is 0 Å². The van der Waals surface area contributed by atoms with Crippen LogP contribution in [-0.2, 0) is 32.0 Å². The number of nitrogens with zero attached hydrogens (tertiary/aromatic N) is 3. The lowest BCUT2D eigenvalue weighted by Crippen LogP contribution is -2.48. The first-order valence-corrected chi connectivity index (χ1v) is 15.3. The predicted octanol–water partition coefficient (Wildman–Crippen LogP) is 4.41. The molecule has 41 heavy (non-hydrogen) atoms. The van der Waals surface area contributed by atoms with Crippen LogP contribution < -0.4 is 0 Å². The summed E-state index contributed by atoms with van der Waals surface area (Å²) in [5, 5.41) is 0.272. The van der Waals surface area contributed by atoms with E-state index in [2.05, 4.69) is 9.80 Å². The molecule has 0 N–H and O–H groups in total. The lowest BCUT2D eigenvalue weighted by atomic mass is 9.94. The van der Waals surface area contributed by atoms with Crippen molar-refractivity contribution in [2.24, 2.45) is 0 Å². The number of alkyl halides is 3. The second kappa shape index (κ2) is 11.7. The van der Waals surface area contributed by atoms with Crippen LogP contribution in [0.5, 0.6) is 0 Å². The van der Waals surface area contributed by atoms with E-state index < -0.39 is 27.5 Å². The topological polar surface area (TPSA) is 89.0 Å². The van der Waals surface area contributed by atoms with Gasteiger partial charge in [0.1, 0.15) is 0 Å². The van der Waals surface area contributed by atoms with Gasteiger partial charge in [0.05, 0.1) is 47.6 Å². The van der Waals surface area contributed by atoms with Crippen LogP contribution in [0.1, 0.15) is 34.3 Å². The van der Waals surface area contributed by atoms with E-state index in [4.69, 9.17) is 14.5 Å². The number of morpholine rings is 1. The molecule has 220 valence electrons. The number of carbonyl (C=O) groups excluding carboxylic acids is 1. The number of methoxy groups -OCH3 is 1. The van der Waals surface area contributed by atoms with E-state index >= 15 is 0 Å². The van der Waals surface area contributed by atoms with Crippen LogP contribution >= 0.6 is 0 Å². The fourth-order valence-corrected chi connectivity index (χ4v) is 6.34. The quantitative estimate of drug-likeness (QED) is 0.390. The van der Waals surface area contributed by atoms with Gasteiger partial charge in [0, 0.05) is 48.4 Å². The van der Waals surface area contributed by atoms with Crippen molar-refractivity contribution in [3.05, 3.63) is 59.2 Å². The number of carbonyl (C=O) groups is 1. The molecule has 0 unspecified atom stereocenters. The molecule has 8 nitrogen and oxygen atoms in total. The van der Waals surface area contributed by atoms with E-state index in [9.17, 15) is 26.4 Å². The number of halogens is 3. The molecule has 0 spiro atoms. The second-order valence-electron chi connectivity index (χ2n) is 10.5. The van der Waals surface area contributed by atoms with Gasteiger partial charge < -0.3 is 9.47 Å². The van der Waals surface area contributed by atoms with Crippen molar-refractivity contribution in [1.29, 1.82) is 0 Å². The Morgan fingerprint density at radius 1 is 1.07 bits per heavy atom. The Labute approximate surface area is 237 Å². The lowest BCUT2D eigenvalue weighted by Gasteiger charge is -2.40. The highest BCUT2D eigenvalue weighted by atomic mass is 32.2. The Morgan fingerprint density at radius 2 is 1.78 bits per heavy atom. The molecule has 2 fully saturated rings. The number of esters is 1. The number of piperidine rings is 1. The van der Waals surface area contributed by atoms with Crippen LogP contribution in [-0.4, -0.2) is 88.0 Å². The number of ether oxygens (including phenoxy) is 2. The molecule has 0 aliphatic carbocycles. The van der Waals surface area contributed by atoms with Crippen LogP contribution in [0.15, 0.2) is 47.4 Å². The molecule has 3 heterocycles. The molecule has 2 aromatic carbocycles. The molecule has 2 aliphatic heterocycles. The molecule has 0 atom stereocenters. The number of sulfone groups is 1. The normalized spacial score (nSPS) is 18.1. The van der Waals surface area contributed by atoms with E-state index in [1.54, 1.807) is 0 Å². The van der Waals surface area contributed by atoms with Crippen molar-refractivity contribution in [1.82, 2.24) is 14.8 Å². The monoisotopic (exact) mass is 591 g/mol. The first-order valence-electron chi connectivity index (χ1n) is 13.4. The summed E-state index contributed by atoms with van der Waals surface area (Å²) in [7, 11) is -2.39. The number of likely N-dealkylation sites (tertiary alicyclic amines) is 1. The summed E-state index contributed by atoms with van der Waals surface area (Å²) in [5.41, 5.74) is 0.384. The van der Waals surface area contributed by atoms with Gasteiger partial charge in [0.25, 0.3) is 0 Å². The zero-order valence-electron chi connectivity index (χ0n) is 22.9. The molecule has 0 saturated carbocycles. The van der Waals surface area contributed by atoms with Gasteiger partial charge in [-0.2, -0.15) is 13.2 Å². The van der Waals surface area contributed by atoms with Gasteiger partial charge in [-0.05, 0) is 56.3 Å².